The van der Waals surface area contributed by atoms with Crippen LogP contribution >= 0.6 is 0 Å². The number of hydrogen-bond donors (Lipinski definition) is 1. The number of ether oxygens (including phenoxy) is 2. The summed E-state index contributed by atoms with van der Waals surface area (Å²) in [6, 6.07) is 13.7. The number of para-hydroxylation sites is 1. The van der Waals surface area contributed by atoms with Crippen LogP contribution in [0.4, 0.5) is 14.9 Å². The zero-order chi connectivity index (χ0) is 17.3. The lowest BCUT2D eigenvalue weighted by Gasteiger charge is -2.43. The lowest BCUT2D eigenvalue weighted by atomic mass is 10.0. The number of fused-ring (bicyclic) bond motifs is 1. The molecule has 0 saturated carbocycles. The van der Waals surface area contributed by atoms with Crippen molar-refractivity contribution in [3.8, 4) is 5.75 Å². The third-order valence-corrected chi connectivity index (χ3v) is 4.65. The summed E-state index contributed by atoms with van der Waals surface area (Å²) in [7, 11) is 0. The molecule has 0 aromatic heterocycles. The van der Waals surface area contributed by atoms with Gasteiger partial charge in [0.25, 0.3) is 0 Å². The van der Waals surface area contributed by atoms with Crippen LogP contribution in [-0.4, -0.2) is 29.8 Å². The zero-order valence-corrected chi connectivity index (χ0v) is 13.7. The quantitative estimate of drug-likeness (QED) is 0.858. The van der Waals surface area contributed by atoms with Gasteiger partial charge < -0.3 is 19.7 Å². The van der Waals surface area contributed by atoms with Gasteiger partial charge in [-0.05, 0) is 30.3 Å². The molecule has 4 rings (SSSR count). The molecule has 2 aliphatic rings. The maximum absolute atomic E-state index is 13.3. The van der Waals surface area contributed by atoms with Crippen molar-refractivity contribution in [2.75, 3.05) is 18.4 Å². The van der Waals surface area contributed by atoms with Gasteiger partial charge in [-0.15, -0.1) is 0 Å². The van der Waals surface area contributed by atoms with Crippen LogP contribution in [0.3, 0.4) is 0 Å². The van der Waals surface area contributed by atoms with Gasteiger partial charge >= 0.3 is 6.03 Å². The zero-order valence-electron chi connectivity index (χ0n) is 13.7. The number of likely N-dealkylation sites (tertiary alicyclic amines) is 1. The van der Waals surface area contributed by atoms with Crippen molar-refractivity contribution in [1.82, 2.24) is 4.90 Å². The first-order valence-corrected chi connectivity index (χ1v) is 8.36. The summed E-state index contributed by atoms with van der Waals surface area (Å²) in [5.41, 5.74) is 1.49. The van der Waals surface area contributed by atoms with Crippen LogP contribution in [-0.2, 0) is 11.3 Å². The van der Waals surface area contributed by atoms with E-state index in [0.29, 0.717) is 38.3 Å². The summed E-state index contributed by atoms with van der Waals surface area (Å²) in [4.78, 5) is 14.1. The number of amides is 2. The van der Waals surface area contributed by atoms with Gasteiger partial charge in [0.15, 0.2) is 0 Å². The summed E-state index contributed by atoms with van der Waals surface area (Å²) in [6.45, 7) is 1.40. The topological polar surface area (TPSA) is 50.8 Å². The minimum atomic E-state index is -0.728. The number of hydrogen-bond acceptors (Lipinski definition) is 3. The standard InChI is InChI=1S/C19H19FN2O3/c20-15-6-7-17-14(12-15)13-24-19(25-17)8-10-22(11-9-19)18(23)21-16-4-2-1-3-5-16/h1-7,12H,8-11,13H2,(H,21,23). The number of halogens is 1. The normalized spacial score (nSPS) is 18.4. The Morgan fingerprint density at radius 3 is 2.64 bits per heavy atom. The molecule has 5 nitrogen and oxygen atoms in total. The van der Waals surface area contributed by atoms with Crippen molar-refractivity contribution in [1.29, 1.82) is 0 Å². The Balaban J connectivity index is 1.38. The van der Waals surface area contributed by atoms with Crippen molar-refractivity contribution < 1.29 is 18.7 Å². The highest BCUT2D eigenvalue weighted by Gasteiger charge is 2.41. The van der Waals surface area contributed by atoms with Gasteiger partial charge in [-0.1, -0.05) is 18.2 Å². The molecule has 1 spiro atoms. The molecule has 2 aliphatic heterocycles. The van der Waals surface area contributed by atoms with E-state index < -0.39 is 5.79 Å². The van der Waals surface area contributed by atoms with E-state index in [1.165, 1.54) is 12.1 Å². The number of urea groups is 1. The molecule has 2 aromatic rings. The summed E-state index contributed by atoms with van der Waals surface area (Å²) in [5, 5.41) is 2.89. The number of nitrogens with zero attached hydrogens (tertiary/aromatic N) is 1. The van der Waals surface area contributed by atoms with Gasteiger partial charge in [-0.25, -0.2) is 9.18 Å². The van der Waals surface area contributed by atoms with Crippen molar-refractivity contribution >= 4 is 11.7 Å². The largest absolute Gasteiger partial charge is 0.462 e. The van der Waals surface area contributed by atoms with Crippen LogP contribution in [0.5, 0.6) is 5.75 Å². The van der Waals surface area contributed by atoms with E-state index in [-0.39, 0.29) is 11.8 Å². The number of anilines is 1. The molecule has 6 heteroatoms. The maximum atomic E-state index is 13.3. The molecule has 0 radical (unpaired) electrons. The second-order valence-corrected chi connectivity index (χ2v) is 6.34. The fourth-order valence-corrected chi connectivity index (χ4v) is 3.22. The van der Waals surface area contributed by atoms with Crippen molar-refractivity contribution in [2.45, 2.75) is 25.2 Å². The van der Waals surface area contributed by atoms with E-state index in [1.807, 2.05) is 30.3 Å². The van der Waals surface area contributed by atoms with Gasteiger partial charge in [0.1, 0.15) is 11.6 Å². The smallest absolute Gasteiger partial charge is 0.321 e. The second-order valence-electron chi connectivity index (χ2n) is 6.34. The van der Waals surface area contributed by atoms with E-state index >= 15 is 0 Å². The average molecular weight is 342 g/mol. The Labute approximate surface area is 145 Å². The maximum Gasteiger partial charge on any atom is 0.321 e. The van der Waals surface area contributed by atoms with Crippen LogP contribution in [0.1, 0.15) is 18.4 Å². The van der Waals surface area contributed by atoms with Crippen molar-refractivity contribution in [3.63, 3.8) is 0 Å². The number of carbonyl (C=O) groups is 1. The summed E-state index contributed by atoms with van der Waals surface area (Å²) in [5.74, 6) is -0.363. The summed E-state index contributed by atoms with van der Waals surface area (Å²) < 4.78 is 25.2. The number of piperidine rings is 1. The van der Waals surface area contributed by atoms with Crippen molar-refractivity contribution in [3.05, 3.63) is 59.9 Å². The SMILES string of the molecule is O=C(Nc1ccccc1)N1CCC2(CC1)OCc1cc(F)ccc1O2. The molecule has 0 unspecified atom stereocenters. The summed E-state index contributed by atoms with van der Waals surface area (Å²) in [6.07, 6.45) is 1.15. The van der Waals surface area contributed by atoms with Gasteiger partial charge in [-0.2, -0.15) is 0 Å². The molecular weight excluding hydrogens is 323 g/mol. The lowest BCUT2D eigenvalue weighted by molar-refractivity contribution is -0.225. The lowest BCUT2D eigenvalue weighted by Crippen LogP contribution is -2.53. The van der Waals surface area contributed by atoms with Crippen LogP contribution < -0.4 is 10.1 Å². The van der Waals surface area contributed by atoms with Gasteiger partial charge in [-0.3, -0.25) is 0 Å². The highest BCUT2D eigenvalue weighted by atomic mass is 19.1. The Hall–Kier alpha value is -2.60. The number of benzene rings is 2. The first kappa shape index (κ1) is 15.9. The molecule has 25 heavy (non-hydrogen) atoms. The van der Waals surface area contributed by atoms with Gasteiger partial charge in [0.05, 0.1) is 6.61 Å². The Morgan fingerprint density at radius 1 is 1.12 bits per heavy atom. The van der Waals surface area contributed by atoms with Crippen LogP contribution in [0, 0.1) is 5.82 Å². The molecule has 0 atom stereocenters. The minimum absolute atomic E-state index is 0.126. The van der Waals surface area contributed by atoms with E-state index in [9.17, 15) is 9.18 Å². The number of nitrogens with one attached hydrogen (secondary N) is 1. The number of rotatable bonds is 1. The van der Waals surface area contributed by atoms with Crippen molar-refractivity contribution in [2.24, 2.45) is 0 Å². The molecule has 1 saturated heterocycles. The second kappa shape index (κ2) is 6.37. The molecule has 1 N–H and O–H groups in total. The van der Waals surface area contributed by atoms with Gasteiger partial charge in [0, 0.05) is 37.2 Å². The fourth-order valence-electron chi connectivity index (χ4n) is 3.22. The highest BCUT2D eigenvalue weighted by Crippen LogP contribution is 2.37. The molecule has 130 valence electrons. The molecule has 2 aromatic carbocycles. The van der Waals surface area contributed by atoms with Crippen LogP contribution in [0.2, 0.25) is 0 Å². The molecule has 1 fully saturated rings. The monoisotopic (exact) mass is 342 g/mol. The van der Waals surface area contributed by atoms with E-state index in [2.05, 4.69) is 5.32 Å². The number of carbonyl (C=O) groups excluding carboxylic acids is 1. The molecule has 2 heterocycles. The fraction of sp³-hybridized carbons (Fsp3) is 0.316. The third-order valence-electron chi connectivity index (χ3n) is 4.65. The predicted molar refractivity (Wildman–Crippen MR) is 90.8 cm³/mol. The molecule has 0 bridgehead atoms. The Bertz CT molecular complexity index is 773. The van der Waals surface area contributed by atoms with Crippen LogP contribution in [0.15, 0.2) is 48.5 Å². The first-order valence-electron chi connectivity index (χ1n) is 8.36. The van der Waals surface area contributed by atoms with Gasteiger partial charge in [0.2, 0.25) is 5.79 Å². The molecule has 0 aliphatic carbocycles. The Morgan fingerprint density at radius 2 is 1.88 bits per heavy atom. The molecule has 2 amide bonds. The van der Waals surface area contributed by atoms with Crippen LogP contribution in [0.25, 0.3) is 0 Å². The minimum Gasteiger partial charge on any atom is -0.462 e. The van der Waals surface area contributed by atoms with E-state index in [0.717, 1.165) is 11.3 Å². The highest BCUT2D eigenvalue weighted by molar-refractivity contribution is 5.89. The first-order chi connectivity index (χ1) is 12.1. The average Bonchev–Trinajstić information content (AvgIpc) is 2.63. The van der Waals surface area contributed by atoms with E-state index in [4.69, 9.17) is 9.47 Å². The Kier molecular flexibility index (Phi) is 4.05. The third kappa shape index (κ3) is 3.30. The predicted octanol–water partition coefficient (Wildman–Crippen LogP) is 3.76. The molecular formula is C19H19FN2O3. The summed E-state index contributed by atoms with van der Waals surface area (Å²) >= 11 is 0. The van der Waals surface area contributed by atoms with E-state index in [1.54, 1.807) is 11.0 Å².